The second-order valence-corrected chi connectivity index (χ2v) is 3.89. The number of rotatable bonds is 7. The van der Waals surface area contributed by atoms with Crippen LogP contribution in [0.2, 0.25) is 0 Å². The third-order valence-electron chi connectivity index (χ3n) is 2.29. The fraction of sp³-hybridized carbons (Fsp3) is 0.800. The number of hydrogen-bond acceptors (Lipinski definition) is 4. The minimum absolute atomic E-state index is 0.0337. The fourth-order valence-corrected chi connectivity index (χ4v) is 1.20. The van der Waals surface area contributed by atoms with E-state index < -0.39 is 0 Å². The van der Waals surface area contributed by atoms with Crippen molar-refractivity contribution < 1.29 is 9.53 Å². The maximum Gasteiger partial charge on any atom is 0.221 e. The Kier molecular flexibility index (Phi) is 6.34. The molecule has 1 fully saturated rings. The van der Waals surface area contributed by atoms with E-state index in [9.17, 15) is 4.79 Å². The Morgan fingerprint density at radius 2 is 2.29 bits per heavy atom. The van der Waals surface area contributed by atoms with Crippen molar-refractivity contribution in [1.29, 1.82) is 0 Å². The molecule has 0 radical (unpaired) electrons. The maximum absolute atomic E-state index is 11.3. The van der Waals surface area contributed by atoms with Crippen molar-refractivity contribution in [1.82, 2.24) is 16.1 Å². The summed E-state index contributed by atoms with van der Waals surface area (Å²) in [6, 6.07) is 0.486. The van der Waals surface area contributed by atoms with Crippen LogP contribution in [0.25, 0.3) is 0 Å². The molecular formula is C10H21N5O2. The van der Waals surface area contributed by atoms with Crippen molar-refractivity contribution in [2.45, 2.75) is 25.3 Å². The van der Waals surface area contributed by atoms with Crippen LogP contribution in [0.5, 0.6) is 0 Å². The van der Waals surface area contributed by atoms with Gasteiger partial charge in [0.2, 0.25) is 11.9 Å². The molecule has 1 amide bonds. The lowest BCUT2D eigenvalue weighted by Crippen LogP contribution is -2.42. The summed E-state index contributed by atoms with van der Waals surface area (Å²) >= 11 is 0. The number of nitrogens with zero attached hydrogens (tertiary/aromatic N) is 1. The van der Waals surface area contributed by atoms with Crippen molar-refractivity contribution in [3.05, 3.63) is 0 Å². The molecule has 0 atom stereocenters. The second-order valence-electron chi connectivity index (χ2n) is 3.89. The monoisotopic (exact) mass is 243 g/mol. The second kappa shape index (κ2) is 7.86. The summed E-state index contributed by atoms with van der Waals surface area (Å²) in [5.74, 6) is 5.82. The van der Waals surface area contributed by atoms with E-state index in [0.29, 0.717) is 38.1 Å². The predicted octanol–water partition coefficient (Wildman–Crippen LogP) is -1.29. The van der Waals surface area contributed by atoms with Crippen LogP contribution in [0.3, 0.4) is 0 Å². The molecule has 1 aliphatic rings. The summed E-state index contributed by atoms with van der Waals surface area (Å²) in [5, 5.41) is 5.85. The zero-order chi connectivity index (χ0) is 12.5. The molecule has 17 heavy (non-hydrogen) atoms. The minimum Gasteiger partial charge on any atom is -0.383 e. The van der Waals surface area contributed by atoms with Gasteiger partial charge in [-0.3, -0.25) is 15.2 Å². The van der Waals surface area contributed by atoms with Crippen LogP contribution in [0.1, 0.15) is 19.3 Å². The molecule has 1 rings (SSSR count). The van der Waals surface area contributed by atoms with Crippen LogP contribution in [0, 0.1) is 0 Å². The highest BCUT2D eigenvalue weighted by atomic mass is 16.5. The van der Waals surface area contributed by atoms with Crippen molar-refractivity contribution in [3.8, 4) is 0 Å². The van der Waals surface area contributed by atoms with Gasteiger partial charge in [0.05, 0.1) is 13.2 Å². The number of nitrogens with one attached hydrogen (secondary N) is 3. The molecule has 0 aromatic rings. The van der Waals surface area contributed by atoms with Gasteiger partial charge in [-0.05, 0) is 12.8 Å². The Balaban J connectivity index is 2.10. The van der Waals surface area contributed by atoms with Gasteiger partial charge in [0.15, 0.2) is 0 Å². The third-order valence-corrected chi connectivity index (χ3v) is 2.29. The molecule has 7 heteroatoms. The third kappa shape index (κ3) is 6.75. The molecule has 1 saturated carbocycles. The van der Waals surface area contributed by atoms with Gasteiger partial charge in [0.25, 0.3) is 0 Å². The number of carbonyl (C=O) groups excluding carboxylic acids is 1. The summed E-state index contributed by atoms with van der Waals surface area (Å²) in [4.78, 5) is 15.5. The highest BCUT2D eigenvalue weighted by Crippen LogP contribution is 2.18. The van der Waals surface area contributed by atoms with Gasteiger partial charge in [0.1, 0.15) is 0 Å². The Morgan fingerprint density at radius 1 is 1.53 bits per heavy atom. The Morgan fingerprint density at radius 3 is 2.88 bits per heavy atom. The number of carbonyl (C=O) groups is 1. The highest BCUT2D eigenvalue weighted by Gasteiger charge is 2.21. The summed E-state index contributed by atoms with van der Waals surface area (Å²) < 4.78 is 4.82. The normalized spacial score (nSPS) is 15.5. The van der Waals surface area contributed by atoms with Crippen LogP contribution < -0.4 is 21.9 Å². The SMILES string of the molecule is COCCNC(=O)CCN=C(NN)NC1CC1. The quantitative estimate of drug-likeness (QED) is 0.147. The lowest BCUT2D eigenvalue weighted by atomic mass is 10.4. The Labute approximate surface area is 101 Å². The first-order valence-corrected chi connectivity index (χ1v) is 5.79. The van der Waals surface area contributed by atoms with E-state index in [1.807, 2.05) is 0 Å². The van der Waals surface area contributed by atoms with Crippen LogP contribution in [-0.2, 0) is 9.53 Å². The molecule has 0 unspecified atom stereocenters. The summed E-state index contributed by atoms with van der Waals surface area (Å²) in [6.45, 7) is 1.47. The average molecular weight is 243 g/mol. The van der Waals surface area contributed by atoms with Crippen LogP contribution in [-0.4, -0.2) is 44.7 Å². The van der Waals surface area contributed by atoms with E-state index in [0.717, 1.165) is 12.8 Å². The first kappa shape index (κ1) is 13.7. The average Bonchev–Trinajstić information content (AvgIpc) is 3.12. The molecule has 98 valence electrons. The number of aliphatic imine (C=N–C) groups is 1. The molecule has 0 heterocycles. The fourth-order valence-electron chi connectivity index (χ4n) is 1.20. The van der Waals surface area contributed by atoms with Crippen molar-refractivity contribution in [2.24, 2.45) is 10.8 Å². The minimum atomic E-state index is -0.0337. The topological polar surface area (TPSA) is 101 Å². The molecule has 0 saturated heterocycles. The van der Waals surface area contributed by atoms with Crippen LogP contribution in [0.15, 0.2) is 4.99 Å². The lowest BCUT2D eigenvalue weighted by molar-refractivity contribution is -0.121. The van der Waals surface area contributed by atoms with E-state index >= 15 is 0 Å². The van der Waals surface area contributed by atoms with E-state index in [-0.39, 0.29) is 5.91 Å². The number of hydrazine groups is 1. The predicted molar refractivity (Wildman–Crippen MR) is 65.3 cm³/mol. The molecule has 5 N–H and O–H groups in total. The summed E-state index contributed by atoms with van der Waals surface area (Å²) in [6.07, 6.45) is 2.65. The molecule has 0 spiro atoms. The molecule has 7 nitrogen and oxygen atoms in total. The van der Waals surface area contributed by atoms with Gasteiger partial charge in [-0.25, -0.2) is 5.84 Å². The molecule has 0 aliphatic heterocycles. The summed E-state index contributed by atoms with van der Waals surface area (Å²) in [5.41, 5.74) is 2.49. The van der Waals surface area contributed by atoms with Gasteiger partial charge in [-0.2, -0.15) is 0 Å². The Bertz CT molecular complexity index is 265. The van der Waals surface area contributed by atoms with Crippen LogP contribution in [0.4, 0.5) is 0 Å². The van der Waals surface area contributed by atoms with Gasteiger partial charge in [0, 0.05) is 26.1 Å². The molecule has 0 aromatic carbocycles. The first-order chi connectivity index (χ1) is 8.26. The molecule has 0 bridgehead atoms. The maximum atomic E-state index is 11.3. The van der Waals surface area contributed by atoms with E-state index in [1.54, 1.807) is 7.11 Å². The number of methoxy groups -OCH3 is 1. The first-order valence-electron chi connectivity index (χ1n) is 5.79. The van der Waals surface area contributed by atoms with Gasteiger partial charge < -0.3 is 15.4 Å². The zero-order valence-corrected chi connectivity index (χ0v) is 10.2. The highest BCUT2D eigenvalue weighted by molar-refractivity contribution is 5.80. The zero-order valence-electron chi connectivity index (χ0n) is 10.2. The number of guanidine groups is 1. The number of amides is 1. The lowest BCUT2D eigenvalue weighted by Gasteiger charge is -2.07. The van der Waals surface area contributed by atoms with E-state index in [2.05, 4.69) is 21.1 Å². The standard InChI is InChI=1S/C10H21N5O2/c1-17-7-6-12-9(16)4-5-13-10(15-11)14-8-2-3-8/h8H,2-7,11H2,1H3,(H,12,16)(H2,13,14,15). The number of nitrogens with two attached hydrogens (primary N) is 1. The summed E-state index contributed by atoms with van der Waals surface area (Å²) in [7, 11) is 1.60. The number of ether oxygens (including phenoxy) is 1. The number of hydrogen-bond donors (Lipinski definition) is 4. The largest absolute Gasteiger partial charge is 0.383 e. The van der Waals surface area contributed by atoms with Gasteiger partial charge in [-0.15, -0.1) is 0 Å². The molecular weight excluding hydrogens is 222 g/mol. The molecule has 0 aromatic heterocycles. The van der Waals surface area contributed by atoms with E-state index in [1.165, 1.54) is 0 Å². The smallest absolute Gasteiger partial charge is 0.221 e. The van der Waals surface area contributed by atoms with E-state index in [4.69, 9.17) is 10.6 Å². The van der Waals surface area contributed by atoms with Crippen molar-refractivity contribution in [3.63, 3.8) is 0 Å². The van der Waals surface area contributed by atoms with Crippen LogP contribution >= 0.6 is 0 Å². The molecule has 1 aliphatic carbocycles. The van der Waals surface area contributed by atoms with Gasteiger partial charge in [-0.1, -0.05) is 0 Å². The Hall–Kier alpha value is -1.34. The van der Waals surface area contributed by atoms with Crippen molar-refractivity contribution >= 4 is 11.9 Å². The van der Waals surface area contributed by atoms with Gasteiger partial charge >= 0.3 is 0 Å². The van der Waals surface area contributed by atoms with Crippen molar-refractivity contribution in [2.75, 3.05) is 26.8 Å².